The first-order valence-electron chi connectivity index (χ1n) is 13.9. The minimum absolute atomic E-state index is 0.0270. The molecule has 1 atom stereocenters. The summed E-state index contributed by atoms with van der Waals surface area (Å²) >= 11 is 1.36. The van der Waals surface area contributed by atoms with Crippen LogP contribution in [0.1, 0.15) is 65.3 Å². The lowest BCUT2D eigenvalue weighted by Crippen LogP contribution is -2.30. The van der Waals surface area contributed by atoms with Crippen LogP contribution < -0.4 is 11.1 Å². The second-order valence-corrected chi connectivity index (χ2v) is 12.0. The van der Waals surface area contributed by atoms with Crippen molar-refractivity contribution in [1.29, 1.82) is 0 Å². The highest BCUT2D eigenvalue weighted by molar-refractivity contribution is 7.12. The van der Waals surface area contributed by atoms with Gasteiger partial charge in [-0.05, 0) is 69.1 Å². The number of nitrogens with zero attached hydrogens (tertiary/aromatic N) is 5. The number of anilines is 2. The van der Waals surface area contributed by atoms with Gasteiger partial charge in [0.15, 0.2) is 0 Å². The number of hydrogen-bond donors (Lipinski definition) is 2. The Kier molecular flexibility index (Phi) is 8.23. The molecule has 1 aliphatic rings. The Bertz CT molecular complexity index is 1620. The molecule has 0 spiro atoms. The number of nitrogens with one attached hydrogen (secondary N) is 1. The molecule has 0 saturated carbocycles. The predicted octanol–water partition coefficient (Wildman–Crippen LogP) is 5.51. The first kappa shape index (κ1) is 28.5. The van der Waals surface area contributed by atoms with E-state index in [9.17, 15) is 9.59 Å². The van der Waals surface area contributed by atoms with E-state index in [0.29, 0.717) is 40.9 Å². The van der Waals surface area contributed by atoms with E-state index >= 15 is 0 Å². The molecular weight excluding hydrogens is 534 g/mol. The van der Waals surface area contributed by atoms with Gasteiger partial charge in [-0.2, -0.15) is 0 Å². The molecule has 0 radical (unpaired) electrons. The topological polar surface area (TPSA) is 109 Å². The maximum atomic E-state index is 13.2. The number of nitrogens with two attached hydrogens (primary N) is 1. The average Bonchev–Trinajstić information content (AvgIpc) is 3.66. The van der Waals surface area contributed by atoms with Crippen molar-refractivity contribution in [3.63, 3.8) is 0 Å². The highest BCUT2D eigenvalue weighted by Crippen LogP contribution is 2.37. The third-order valence-electron chi connectivity index (χ3n) is 7.42. The van der Waals surface area contributed by atoms with Gasteiger partial charge in [0.25, 0.3) is 5.91 Å². The maximum absolute atomic E-state index is 13.2. The van der Waals surface area contributed by atoms with Crippen molar-refractivity contribution in [2.75, 3.05) is 38.2 Å². The van der Waals surface area contributed by atoms with E-state index in [4.69, 9.17) is 10.7 Å². The second-order valence-electron chi connectivity index (χ2n) is 11.1. The van der Waals surface area contributed by atoms with Crippen LogP contribution in [0, 0.1) is 6.92 Å². The monoisotopic (exact) mass is 571 g/mol. The van der Waals surface area contributed by atoms with Crippen molar-refractivity contribution in [2.24, 2.45) is 0 Å². The molecule has 2 amide bonds. The number of hydrogen-bond acceptors (Lipinski definition) is 7. The maximum Gasteiger partial charge on any atom is 0.265 e. The number of fused-ring (bicyclic) bond motifs is 1. The first-order valence-corrected chi connectivity index (χ1v) is 14.8. The Morgan fingerprint density at radius 1 is 1.27 bits per heavy atom. The fourth-order valence-electron chi connectivity index (χ4n) is 5.46. The van der Waals surface area contributed by atoms with Gasteiger partial charge in [-0.1, -0.05) is 26.0 Å². The van der Waals surface area contributed by atoms with Crippen molar-refractivity contribution >= 4 is 40.2 Å². The van der Waals surface area contributed by atoms with Gasteiger partial charge in [0.2, 0.25) is 5.91 Å². The number of imidazole rings is 1. The Morgan fingerprint density at radius 2 is 2.07 bits per heavy atom. The van der Waals surface area contributed by atoms with Gasteiger partial charge in [0.1, 0.15) is 22.9 Å². The Balaban J connectivity index is 1.44. The zero-order valence-electron chi connectivity index (χ0n) is 24.2. The van der Waals surface area contributed by atoms with Crippen LogP contribution in [0.3, 0.4) is 0 Å². The van der Waals surface area contributed by atoms with Gasteiger partial charge >= 0.3 is 0 Å². The summed E-state index contributed by atoms with van der Waals surface area (Å²) in [6, 6.07) is 7.68. The summed E-state index contributed by atoms with van der Waals surface area (Å²) in [5, 5.41) is 4.94. The van der Waals surface area contributed by atoms with Crippen molar-refractivity contribution in [3.05, 3.63) is 76.0 Å². The number of likely N-dealkylation sites (N-methyl/N-ethyl adjacent to an activating group) is 1. The van der Waals surface area contributed by atoms with Gasteiger partial charge in [-0.3, -0.25) is 14.0 Å². The van der Waals surface area contributed by atoms with Crippen molar-refractivity contribution in [1.82, 2.24) is 24.2 Å². The molecule has 4 aromatic rings. The van der Waals surface area contributed by atoms with E-state index in [0.717, 1.165) is 35.5 Å². The fourth-order valence-corrected chi connectivity index (χ4v) is 6.24. The molecule has 1 aliphatic heterocycles. The summed E-state index contributed by atoms with van der Waals surface area (Å²) in [5.74, 6) is 1.31. The molecule has 214 valence electrons. The molecule has 3 N–H and O–H groups in total. The number of aromatic nitrogens is 3. The van der Waals surface area contributed by atoms with Crippen LogP contribution in [-0.2, 0) is 4.79 Å². The van der Waals surface area contributed by atoms with Gasteiger partial charge in [-0.15, -0.1) is 11.3 Å². The Morgan fingerprint density at radius 3 is 2.80 bits per heavy atom. The fraction of sp³-hybridized carbons (Fsp3) is 0.355. The van der Waals surface area contributed by atoms with Gasteiger partial charge in [0, 0.05) is 48.2 Å². The minimum Gasteiger partial charge on any atom is -0.382 e. The summed E-state index contributed by atoms with van der Waals surface area (Å²) in [6.45, 7) is 7.74. The number of aryl methyl sites for hydroxylation is 1. The summed E-state index contributed by atoms with van der Waals surface area (Å²) in [5.41, 5.74) is 11.7. The summed E-state index contributed by atoms with van der Waals surface area (Å²) < 4.78 is 1.94. The molecule has 4 heterocycles. The standard InChI is InChI=1S/C31H37N7O2S/c1-19(2)23-11-10-22(16-20(23)3)34-31(40)25-17-21(18-41-25)27-28-29(32)33-12-15-38(28)30(35-27)24-8-6-14-37(24)26(39)9-7-13-36(4)5/h7,9-12,15-19,24H,6,8,13-14H2,1-5H3,(H2,32,33)(H,34,40)/b9-7+/t24-/m0/s1. The number of carbonyl (C=O) groups excluding carboxylic acids is 2. The molecule has 5 rings (SSSR count). The summed E-state index contributed by atoms with van der Waals surface area (Å²) in [6.07, 6.45) is 8.71. The van der Waals surface area contributed by atoms with Crippen LogP contribution in [0.5, 0.6) is 0 Å². The molecule has 1 fully saturated rings. The molecule has 10 heteroatoms. The molecule has 9 nitrogen and oxygen atoms in total. The molecule has 1 aromatic carbocycles. The van der Waals surface area contributed by atoms with Crippen LogP contribution in [0.15, 0.2) is 54.2 Å². The normalized spacial score (nSPS) is 15.6. The lowest BCUT2D eigenvalue weighted by Gasteiger charge is -2.22. The van der Waals surface area contributed by atoms with Gasteiger partial charge < -0.3 is 20.9 Å². The smallest absolute Gasteiger partial charge is 0.265 e. The molecule has 1 saturated heterocycles. The highest BCUT2D eigenvalue weighted by Gasteiger charge is 2.33. The quantitative estimate of drug-likeness (QED) is 0.270. The van der Waals surface area contributed by atoms with E-state index in [1.807, 2.05) is 64.1 Å². The highest BCUT2D eigenvalue weighted by atomic mass is 32.1. The zero-order valence-corrected chi connectivity index (χ0v) is 25.0. The van der Waals surface area contributed by atoms with Crippen molar-refractivity contribution < 1.29 is 9.59 Å². The molecule has 3 aromatic heterocycles. The van der Waals surface area contributed by atoms with E-state index in [1.54, 1.807) is 12.3 Å². The van der Waals surface area contributed by atoms with E-state index in [-0.39, 0.29) is 17.9 Å². The number of carbonyl (C=O) groups is 2. The number of likely N-dealkylation sites (tertiary alicyclic amines) is 1. The van der Waals surface area contributed by atoms with Crippen LogP contribution in [0.25, 0.3) is 16.8 Å². The van der Waals surface area contributed by atoms with Crippen molar-refractivity contribution in [3.8, 4) is 11.3 Å². The Labute approximate surface area is 244 Å². The van der Waals surface area contributed by atoms with Crippen LogP contribution in [-0.4, -0.2) is 63.2 Å². The van der Waals surface area contributed by atoms with Crippen molar-refractivity contribution in [2.45, 2.75) is 45.6 Å². The van der Waals surface area contributed by atoms with Crippen LogP contribution in [0.2, 0.25) is 0 Å². The number of nitrogen functional groups attached to an aromatic ring is 1. The first-order chi connectivity index (χ1) is 19.6. The predicted molar refractivity (Wildman–Crippen MR) is 165 cm³/mol. The second kappa shape index (κ2) is 11.8. The van der Waals surface area contributed by atoms with E-state index < -0.39 is 0 Å². The largest absolute Gasteiger partial charge is 0.382 e. The van der Waals surface area contributed by atoms with Gasteiger partial charge in [0.05, 0.1) is 10.9 Å². The SMILES string of the molecule is Cc1cc(NC(=O)c2cc(-c3nc([C@@H]4CCCN4C(=O)/C=C/CN(C)C)n4ccnc(N)c34)cs2)ccc1C(C)C. The average molecular weight is 572 g/mol. The lowest BCUT2D eigenvalue weighted by atomic mass is 9.98. The molecule has 41 heavy (non-hydrogen) atoms. The molecule has 0 unspecified atom stereocenters. The number of benzene rings is 1. The van der Waals surface area contributed by atoms with E-state index in [2.05, 4.69) is 37.1 Å². The molecule has 0 bridgehead atoms. The summed E-state index contributed by atoms with van der Waals surface area (Å²) in [7, 11) is 3.93. The third kappa shape index (κ3) is 5.89. The van der Waals surface area contributed by atoms with Gasteiger partial charge in [-0.25, -0.2) is 9.97 Å². The molecular formula is C31H37N7O2S. The number of rotatable bonds is 8. The Hall–Kier alpha value is -4.02. The minimum atomic E-state index is -0.187. The third-order valence-corrected chi connectivity index (χ3v) is 8.35. The summed E-state index contributed by atoms with van der Waals surface area (Å²) in [4.78, 5) is 40.1. The van der Waals surface area contributed by atoms with Crippen LogP contribution >= 0.6 is 11.3 Å². The lowest BCUT2D eigenvalue weighted by molar-refractivity contribution is -0.127. The van der Waals surface area contributed by atoms with Crippen LogP contribution in [0.4, 0.5) is 11.5 Å². The van der Waals surface area contributed by atoms with E-state index in [1.165, 1.54) is 16.9 Å². The zero-order chi connectivity index (χ0) is 29.3. The number of amides is 2. The number of thiophene rings is 1. The molecule has 0 aliphatic carbocycles.